The third-order valence-electron chi connectivity index (χ3n) is 1.38. The molecule has 0 aromatic carbocycles. The zero-order valence-corrected chi connectivity index (χ0v) is 7.73. The summed E-state index contributed by atoms with van der Waals surface area (Å²) >= 11 is 0. The fraction of sp³-hybridized carbons (Fsp3) is 0.375. The van der Waals surface area contributed by atoms with Crippen LogP contribution >= 0.6 is 0 Å². The molecule has 1 aromatic rings. The number of nitrogens with zero attached hydrogens (tertiary/aromatic N) is 3. The highest BCUT2D eigenvalue weighted by Crippen LogP contribution is 1.97. The minimum Gasteiger partial charge on any atom is -0.308 e. The molecule has 0 spiro atoms. The van der Waals surface area contributed by atoms with Crippen molar-refractivity contribution in [3.8, 4) is 0 Å². The van der Waals surface area contributed by atoms with Crippen molar-refractivity contribution in [3.05, 3.63) is 24.0 Å². The van der Waals surface area contributed by atoms with Gasteiger partial charge in [0.1, 0.15) is 5.84 Å². The molecule has 0 unspecified atom stereocenters. The normalized spacial score (nSPS) is 11.8. The van der Waals surface area contributed by atoms with Crippen molar-refractivity contribution in [1.82, 2.24) is 15.6 Å². The van der Waals surface area contributed by atoms with Gasteiger partial charge in [-0.2, -0.15) is 10.2 Å². The number of aromatic nitrogens is 2. The predicted molar refractivity (Wildman–Crippen MR) is 51.0 cm³/mol. The first-order chi connectivity index (χ1) is 6.24. The third-order valence-corrected chi connectivity index (χ3v) is 1.38. The molecule has 1 heterocycles. The average Bonchev–Trinajstić information content (AvgIpc) is 2.15. The smallest absolute Gasteiger partial charge is 0.144 e. The van der Waals surface area contributed by atoms with Gasteiger partial charge in [0.2, 0.25) is 0 Å². The summed E-state index contributed by atoms with van der Waals surface area (Å²) in [5, 5.41) is 7.40. The second-order valence-corrected chi connectivity index (χ2v) is 2.85. The summed E-state index contributed by atoms with van der Waals surface area (Å²) in [5.74, 6) is 5.95. The van der Waals surface area contributed by atoms with E-state index >= 15 is 0 Å². The second kappa shape index (κ2) is 4.51. The number of aliphatic imine (C=N–C) groups is 1. The van der Waals surface area contributed by atoms with E-state index in [1.54, 1.807) is 18.5 Å². The molecular formula is C8H13N5. The molecular weight excluding hydrogens is 166 g/mol. The van der Waals surface area contributed by atoms with Gasteiger partial charge in [0.05, 0.1) is 12.4 Å². The van der Waals surface area contributed by atoms with Crippen LogP contribution in [0.5, 0.6) is 0 Å². The molecule has 0 aliphatic rings. The van der Waals surface area contributed by atoms with E-state index in [0.29, 0.717) is 5.84 Å². The first-order valence-electron chi connectivity index (χ1n) is 4.05. The zero-order chi connectivity index (χ0) is 9.68. The Kier molecular flexibility index (Phi) is 3.33. The molecule has 1 aromatic heterocycles. The van der Waals surface area contributed by atoms with E-state index in [1.165, 1.54) is 0 Å². The lowest BCUT2D eigenvalue weighted by atomic mass is 10.3. The molecule has 5 heteroatoms. The van der Waals surface area contributed by atoms with Gasteiger partial charge in [0.15, 0.2) is 0 Å². The van der Waals surface area contributed by atoms with Gasteiger partial charge in [-0.3, -0.25) is 4.99 Å². The molecule has 1 rings (SSSR count). The van der Waals surface area contributed by atoms with E-state index in [0.717, 1.165) is 5.56 Å². The van der Waals surface area contributed by atoms with Gasteiger partial charge in [0, 0.05) is 11.6 Å². The van der Waals surface area contributed by atoms with Crippen LogP contribution in [0.25, 0.3) is 0 Å². The summed E-state index contributed by atoms with van der Waals surface area (Å²) in [7, 11) is 0. The summed E-state index contributed by atoms with van der Waals surface area (Å²) in [4.78, 5) is 4.28. The van der Waals surface area contributed by atoms with Crippen LogP contribution in [-0.2, 0) is 0 Å². The first kappa shape index (κ1) is 9.60. The number of amidine groups is 1. The minimum absolute atomic E-state index is 0.194. The van der Waals surface area contributed by atoms with Crippen LogP contribution in [0.1, 0.15) is 19.4 Å². The number of nitrogens with one attached hydrogen (secondary N) is 1. The maximum Gasteiger partial charge on any atom is 0.144 e. The molecule has 0 saturated heterocycles. The van der Waals surface area contributed by atoms with Crippen molar-refractivity contribution in [1.29, 1.82) is 0 Å². The molecule has 0 aliphatic heterocycles. The number of hydrazine groups is 1. The standard InChI is InChI=1S/C8H13N5/c1-6(2)12-8(13-9)7-3-4-10-11-5-7/h3-6H,9H2,1-2H3,(H,12,13). The molecule has 5 nitrogen and oxygen atoms in total. The Morgan fingerprint density at radius 1 is 1.54 bits per heavy atom. The van der Waals surface area contributed by atoms with Gasteiger partial charge >= 0.3 is 0 Å². The van der Waals surface area contributed by atoms with E-state index in [4.69, 9.17) is 5.84 Å². The van der Waals surface area contributed by atoms with Crippen molar-refractivity contribution in [2.75, 3.05) is 0 Å². The lowest BCUT2D eigenvalue weighted by Gasteiger charge is -2.06. The molecule has 0 aliphatic carbocycles. The first-order valence-corrected chi connectivity index (χ1v) is 4.05. The fourth-order valence-corrected chi connectivity index (χ4v) is 0.884. The molecule has 0 fully saturated rings. The van der Waals surface area contributed by atoms with Crippen LogP contribution in [0.15, 0.2) is 23.5 Å². The fourth-order valence-electron chi connectivity index (χ4n) is 0.884. The molecule has 70 valence electrons. The largest absolute Gasteiger partial charge is 0.308 e. The van der Waals surface area contributed by atoms with Crippen molar-refractivity contribution in [2.45, 2.75) is 19.9 Å². The number of nitrogens with two attached hydrogens (primary N) is 1. The van der Waals surface area contributed by atoms with Crippen LogP contribution in [0, 0.1) is 0 Å². The Bertz CT molecular complexity index is 280. The van der Waals surface area contributed by atoms with E-state index in [9.17, 15) is 0 Å². The molecule has 13 heavy (non-hydrogen) atoms. The number of rotatable bonds is 2. The summed E-state index contributed by atoms with van der Waals surface area (Å²) in [5.41, 5.74) is 3.37. The van der Waals surface area contributed by atoms with E-state index in [-0.39, 0.29) is 6.04 Å². The summed E-state index contributed by atoms with van der Waals surface area (Å²) in [6, 6.07) is 1.99. The summed E-state index contributed by atoms with van der Waals surface area (Å²) < 4.78 is 0. The molecule has 3 N–H and O–H groups in total. The lowest BCUT2D eigenvalue weighted by Crippen LogP contribution is -2.32. The maximum absolute atomic E-state index is 5.32. The van der Waals surface area contributed by atoms with Crippen LogP contribution in [0.2, 0.25) is 0 Å². The Labute approximate surface area is 77.1 Å². The van der Waals surface area contributed by atoms with E-state index in [1.807, 2.05) is 13.8 Å². The summed E-state index contributed by atoms with van der Waals surface area (Å²) in [6.07, 6.45) is 3.21. The number of hydrogen-bond donors (Lipinski definition) is 2. The highest BCUT2D eigenvalue weighted by molar-refractivity contribution is 5.98. The third kappa shape index (κ3) is 2.79. The van der Waals surface area contributed by atoms with E-state index < -0.39 is 0 Å². The maximum atomic E-state index is 5.32. The highest BCUT2D eigenvalue weighted by Gasteiger charge is 2.01. The van der Waals surface area contributed by atoms with Crippen molar-refractivity contribution < 1.29 is 0 Å². The topological polar surface area (TPSA) is 76.2 Å². The Morgan fingerprint density at radius 3 is 2.77 bits per heavy atom. The van der Waals surface area contributed by atoms with Gasteiger partial charge < -0.3 is 5.43 Å². The average molecular weight is 179 g/mol. The van der Waals surface area contributed by atoms with Gasteiger partial charge in [-0.05, 0) is 19.9 Å². The van der Waals surface area contributed by atoms with Crippen molar-refractivity contribution >= 4 is 5.84 Å². The monoisotopic (exact) mass is 179 g/mol. The van der Waals surface area contributed by atoms with Crippen LogP contribution in [-0.4, -0.2) is 22.1 Å². The SMILES string of the molecule is CC(C)N=C(NN)c1ccnnc1. The van der Waals surface area contributed by atoms with E-state index in [2.05, 4.69) is 20.6 Å². The molecule has 0 saturated carbocycles. The Balaban J connectivity index is 2.91. The number of hydrogen-bond acceptors (Lipinski definition) is 4. The van der Waals surface area contributed by atoms with Gasteiger partial charge in [-0.1, -0.05) is 0 Å². The summed E-state index contributed by atoms with van der Waals surface area (Å²) in [6.45, 7) is 3.96. The molecule has 0 radical (unpaired) electrons. The molecule has 0 bridgehead atoms. The van der Waals surface area contributed by atoms with Crippen molar-refractivity contribution in [3.63, 3.8) is 0 Å². The van der Waals surface area contributed by atoms with Gasteiger partial charge in [0.25, 0.3) is 0 Å². The van der Waals surface area contributed by atoms with Gasteiger partial charge in [-0.25, -0.2) is 5.84 Å². The molecule has 0 atom stereocenters. The predicted octanol–water partition coefficient (Wildman–Crippen LogP) is 0.0949. The lowest BCUT2D eigenvalue weighted by molar-refractivity contribution is 0.819. The Hall–Kier alpha value is -1.49. The minimum atomic E-state index is 0.194. The zero-order valence-electron chi connectivity index (χ0n) is 7.73. The van der Waals surface area contributed by atoms with Crippen molar-refractivity contribution in [2.24, 2.45) is 10.8 Å². The van der Waals surface area contributed by atoms with Crippen LogP contribution in [0.4, 0.5) is 0 Å². The second-order valence-electron chi connectivity index (χ2n) is 2.85. The quantitative estimate of drug-likeness (QED) is 0.292. The Morgan fingerprint density at radius 2 is 2.31 bits per heavy atom. The highest BCUT2D eigenvalue weighted by atomic mass is 15.3. The van der Waals surface area contributed by atoms with Crippen LogP contribution in [0.3, 0.4) is 0 Å². The van der Waals surface area contributed by atoms with Crippen LogP contribution < -0.4 is 11.3 Å². The molecule has 0 amide bonds. The van der Waals surface area contributed by atoms with Gasteiger partial charge in [-0.15, -0.1) is 0 Å².